The lowest BCUT2D eigenvalue weighted by molar-refractivity contribution is -0.870. The van der Waals surface area contributed by atoms with Gasteiger partial charge in [-0.2, -0.15) is 0 Å². The van der Waals surface area contributed by atoms with Crippen LogP contribution in [0.5, 0.6) is 0 Å². The fourth-order valence-electron chi connectivity index (χ4n) is 11.0. The number of carbonyl (C=O) groups is 1. The first kappa shape index (κ1) is 77.2. The van der Waals surface area contributed by atoms with Crippen molar-refractivity contribution in [3.63, 3.8) is 0 Å². The van der Waals surface area contributed by atoms with Crippen LogP contribution >= 0.6 is 7.82 Å². The fourth-order valence-corrected chi connectivity index (χ4v) is 11.8. The van der Waals surface area contributed by atoms with Crippen molar-refractivity contribution in [2.24, 2.45) is 0 Å². The Hall–Kier alpha value is -0.760. The zero-order valence-corrected chi connectivity index (χ0v) is 54.3. The van der Waals surface area contributed by atoms with Gasteiger partial charge in [0.1, 0.15) is 13.2 Å². The molecule has 0 aromatic rings. The quantitative estimate of drug-likeness (QED) is 0.0243. The molecule has 3 atom stereocenters. The van der Waals surface area contributed by atoms with Crippen molar-refractivity contribution in [2.45, 2.75) is 386 Å². The molecule has 0 aromatic carbocycles. The Morgan fingerprint density at radius 3 is 0.949 bits per heavy atom. The lowest BCUT2D eigenvalue weighted by atomic mass is 10.0. The third-order valence-corrected chi connectivity index (χ3v) is 17.5. The van der Waals surface area contributed by atoms with Gasteiger partial charge < -0.3 is 19.8 Å². The molecule has 0 aromatic heterocycles. The van der Waals surface area contributed by atoms with Gasteiger partial charge in [0.25, 0.3) is 0 Å². The highest BCUT2D eigenvalue weighted by molar-refractivity contribution is 7.47. The van der Waals surface area contributed by atoms with Crippen LogP contribution in [0, 0.1) is 0 Å². The predicted molar refractivity (Wildman–Crippen MR) is 342 cm³/mol. The van der Waals surface area contributed by atoms with E-state index >= 15 is 0 Å². The highest BCUT2D eigenvalue weighted by atomic mass is 31.2. The Labute approximate surface area is 488 Å². The second-order valence-corrected chi connectivity index (χ2v) is 27.1. The molecule has 0 aliphatic carbocycles. The normalized spacial score (nSPS) is 13.7. The van der Waals surface area contributed by atoms with Crippen LogP contribution in [0.25, 0.3) is 0 Å². The van der Waals surface area contributed by atoms with E-state index in [0.29, 0.717) is 17.4 Å². The van der Waals surface area contributed by atoms with Gasteiger partial charge in [-0.3, -0.25) is 13.8 Å². The summed E-state index contributed by atoms with van der Waals surface area (Å²) in [5.74, 6) is -0.167. The number of allylic oxidation sites excluding steroid dienone is 1. The molecule has 0 aliphatic rings. The number of unbranched alkanes of at least 4 members (excludes halogenated alkanes) is 53. The van der Waals surface area contributed by atoms with Crippen molar-refractivity contribution in [1.82, 2.24) is 5.32 Å². The number of hydrogen-bond donors (Lipinski definition) is 3. The molecule has 0 heterocycles. The number of nitrogens with one attached hydrogen (secondary N) is 1. The molecular formula is C69H140N2O6P+. The summed E-state index contributed by atoms with van der Waals surface area (Å²) in [6, 6.07) is -0.844. The van der Waals surface area contributed by atoms with Gasteiger partial charge in [0, 0.05) is 6.42 Å². The van der Waals surface area contributed by atoms with Gasteiger partial charge in [-0.1, -0.05) is 360 Å². The lowest BCUT2D eigenvalue weighted by Crippen LogP contribution is -2.45. The van der Waals surface area contributed by atoms with E-state index in [1.807, 2.05) is 27.2 Å². The molecule has 0 spiro atoms. The summed E-state index contributed by atoms with van der Waals surface area (Å²) >= 11 is 0. The monoisotopic (exact) mass is 1120 g/mol. The topological polar surface area (TPSA) is 105 Å². The molecule has 9 heteroatoms. The smallest absolute Gasteiger partial charge is 0.387 e. The van der Waals surface area contributed by atoms with E-state index in [0.717, 1.165) is 32.1 Å². The van der Waals surface area contributed by atoms with E-state index in [1.54, 1.807) is 6.08 Å². The lowest BCUT2D eigenvalue weighted by Gasteiger charge is -2.25. The maximum Gasteiger partial charge on any atom is 0.472 e. The number of amides is 1. The molecule has 0 aliphatic heterocycles. The number of aliphatic hydroxyl groups is 1. The Morgan fingerprint density at radius 1 is 0.423 bits per heavy atom. The zero-order chi connectivity index (χ0) is 57.0. The third kappa shape index (κ3) is 62.8. The summed E-state index contributed by atoms with van der Waals surface area (Å²) in [4.78, 5) is 23.4. The summed E-state index contributed by atoms with van der Waals surface area (Å²) in [6.45, 7) is 4.89. The first-order valence-electron chi connectivity index (χ1n) is 35.1. The fraction of sp³-hybridized carbons (Fsp3) is 0.957. The Bertz CT molecular complexity index is 1280. The molecule has 1 amide bonds. The van der Waals surface area contributed by atoms with Gasteiger partial charge in [-0.05, 0) is 19.3 Å². The van der Waals surface area contributed by atoms with Gasteiger partial charge in [-0.15, -0.1) is 0 Å². The number of likely N-dealkylation sites (N-methyl/N-ethyl adjacent to an activating group) is 1. The SMILES string of the molecule is CCCCCCCCCCCCCCCCCCCCCCCCCCCCC/C=C/C(O)C(COP(=O)(O)OCC[N+](C)(C)C)NC(=O)CCCCCCCCCCCCCCCCCCCCCCCCCCCCC. The van der Waals surface area contributed by atoms with Crippen LogP contribution in [0.4, 0.5) is 0 Å². The summed E-state index contributed by atoms with van der Waals surface area (Å²) in [5, 5.41) is 14.0. The summed E-state index contributed by atoms with van der Waals surface area (Å²) in [5.41, 5.74) is 0. The minimum absolute atomic E-state index is 0.0655. The number of hydrogen-bond acceptors (Lipinski definition) is 5. The third-order valence-electron chi connectivity index (χ3n) is 16.5. The number of phosphoric acid groups is 1. The van der Waals surface area contributed by atoms with Crippen molar-refractivity contribution in [1.29, 1.82) is 0 Å². The molecule has 8 nitrogen and oxygen atoms in total. The summed E-state index contributed by atoms with van der Waals surface area (Å²) < 4.78 is 23.8. The van der Waals surface area contributed by atoms with E-state index in [-0.39, 0.29) is 19.1 Å². The Kier molecular flexibility index (Phi) is 60.2. The second-order valence-electron chi connectivity index (χ2n) is 25.6. The van der Waals surface area contributed by atoms with E-state index < -0.39 is 20.0 Å². The predicted octanol–water partition coefficient (Wildman–Crippen LogP) is 22.1. The first-order chi connectivity index (χ1) is 38.0. The van der Waals surface area contributed by atoms with Gasteiger partial charge in [0.15, 0.2) is 0 Å². The average Bonchev–Trinajstić information content (AvgIpc) is 3.41. The summed E-state index contributed by atoms with van der Waals surface area (Å²) in [6.07, 6.45) is 77.9. The van der Waals surface area contributed by atoms with Crippen molar-refractivity contribution in [2.75, 3.05) is 40.9 Å². The van der Waals surface area contributed by atoms with Crippen LogP contribution < -0.4 is 5.32 Å². The molecule has 0 radical (unpaired) electrons. The number of nitrogens with zero attached hydrogens (tertiary/aromatic N) is 1. The largest absolute Gasteiger partial charge is 0.472 e. The molecule has 3 N–H and O–H groups in total. The van der Waals surface area contributed by atoms with Crippen LogP contribution in [0.15, 0.2) is 12.2 Å². The number of phosphoric ester groups is 1. The van der Waals surface area contributed by atoms with E-state index in [2.05, 4.69) is 19.2 Å². The maximum atomic E-state index is 13.0. The van der Waals surface area contributed by atoms with Gasteiger partial charge in [0.05, 0.1) is 39.9 Å². The minimum atomic E-state index is -4.35. The van der Waals surface area contributed by atoms with Crippen molar-refractivity contribution in [3.05, 3.63) is 12.2 Å². The molecule has 3 unspecified atom stereocenters. The number of quaternary nitrogens is 1. The molecule has 0 rings (SSSR count). The minimum Gasteiger partial charge on any atom is -0.387 e. The summed E-state index contributed by atoms with van der Waals surface area (Å²) in [7, 11) is 1.60. The number of aliphatic hydroxyl groups excluding tert-OH is 1. The highest BCUT2D eigenvalue weighted by Crippen LogP contribution is 2.43. The molecule has 0 saturated carbocycles. The first-order valence-corrected chi connectivity index (χ1v) is 36.6. The van der Waals surface area contributed by atoms with Gasteiger partial charge in [0.2, 0.25) is 5.91 Å². The van der Waals surface area contributed by atoms with Crippen LogP contribution in [-0.4, -0.2) is 73.4 Å². The second kappa shape index (κ2) is 60.8. The van der Waals surface area contributed by atoms with Crippen LogP contribution in [0.3, 0.4) is 0 Å². The zero-order valence-electron chi connectivity index (χ0n) is 53.5. The van der Waals surface area contributed by atoms with E-state index in [1.165, 1.54) is 321 Å². The van der Waals surface area contributed by atoms with Crippen LogP contribution in [0.1, 0.15) is 373 Å². The molecule has 0 fully saturated rings. The van der Waals surface area contributed by atoms with Crippen molar-refractivity contribution in [3.8, 4) is 0 Å². The van der Waals surface area contributed by atoms with Crippen LogP contribution in [-0.2, 0) is 18.4 Å². The molecular weight excluding hydrogens is 984 g/mol. The average molecular weight is 1120 g/mol. The van der Waals surface area contributed by atoms with Gasteiger partial charge >= 0.3 is 7.82 Å². The van der Waals surface area contributed by atoms with Gasteiger partial charge in [-0.25, -0.2) is 4.57 Å². The number of carbonyl (C=O) groups excluding carboxylic acids is 1. The van der Waals surface area contributed by atoms with Crippen molar-refractivity contribution >= 4 is 13.7 Å². The Balaban J connectivity index is 4.03. The molecule has 78 heavy (non-hydrogen) atoms. The van der Waals surface area contributed by atoms with E-state index in [4.69, 9.17) is 9.05 Å². The molecule has 466 valence electrons. The van der Waals surface area contributed by atoms with Crippen LogP contribution in [0.2, 0.25) is 0 Å². The molecule has 0 saturated heterocycles. The Morgan fingerprint density at radius 2 is 0.679 bits per heavy atom. The standard InChI is InChI=1S/C69H139N2O6P/c1-6-8-10-12-14-16-18-20-22-24-26-28-30-32-34-35-37-38-40-42-44-46-48-50-52-54-56-58-60-62-68(72)67(66-77-78(74,75)76-65-64-71(3,4)5)70-69(73)63-61-59-57-55-53-51-49-47-45-43-41-39-36-33-31-29-27-25-23-21-19-17-15-13-11-9-7-2/h60,62,67-68,72H,6-59,61,63-66H2,1-5H3,(H-,70,73,74,75)/p+1/b62-60+. The van der Waals surface area contributed by atoms with E-state index in [9.17, 15) is 19.4 Å². The highest BCUT2D eigenvalue weighted by Gasteiger charge is 2.28. The molecule has 0 bridgehead atoms. The maximum absolute atomic E-state index is 13.0. The van der Waals surface area contributed by atoms with Crippen molar-refractivity contribution < 1.29 is 32.9 Å². The number of rotatable bonds is 66.